The second kappa shape index (κ2) is 12.6. The number of hydrogen-bond acceptors (Lipinski definition) is 5. The normalized spacial score (nSPS) is 11.7. The molecule has 0 radical (unpaired) electrons. The van der Waals surface area contributed by atoms with Crippen LogP contribution in [0, 0.1) is 0 Å². The summed E-state index contributed by atoms with van der Waals surface area (Å²) in [6, 6.07) is 64.9. The number of thiazole rings is 1. The lowest BCUT2D eigenvalue weighted by molar-refractivity contribution is 0.669. The van der Waals surface area contributed by atoms with Crippen LogP contribution in [0.25, 0.3) is 85.2 Å². The molecule has 0 atom stereocenters. The lowest BCUT2D eigenvalue weighted by atomic mass is 10.00. The molecule has 254 valence electrons. The molecule has 0 aliphatic rings. The van der Waals surface area contributed by atoms with Crippen LogP contribution in [0.4, 0.5) is 17.1 Å². The van der Waals surface area contributed by atoms with Crippen molar-refractivity contribution in [3.05, 3.63) is 182 Å². The fourth-order valence-corrected chi connectivity index (χ4v) is 10.0. The second-order valence-corrected chi connectivity index (χ2v) is 15.6. The zero-order chi connectivity index (χ0) is 35.6. The third-order valence-corrected chi connectivity index (χ3v) is 12.6. The van der Waals surface area contributed by atoms with Crippen LogP contribution < -0.4 is 4.90 Å². The Balaban J connectivity index is 1.10. The van der Waals surface area contributed by atoms with E-state index in [1.165, 1.54) is 36.9 Å². The Morgan fingerprint density at radius 2 is 1.11 bits per heavy atom. The van der Waals surface area contributed by atoms with E-state index in [0.29, 0.717) is 0 Å². The molecule has 0 saturated carbocycles. The van der Waals surface area contributed by atoms with Gasteiger partial charge in [-0.05, 0) is 71.3 Å². The molecular weight excluding hydrogens is 697 g/mol. The van der Waals surface area contributed by atoms with Gasteiger partial charge in [0.2, 0.25) is 0 Å². The topological polar surface area (TPSA) is 29.3 Å². The summed E-state index contributed by atoms with van der Waals surface area (Å²) in [4.78, 5) is 7.57. The average Bonchev–Trinajstić information content (AvgIpc) is 3.95. The van der Waals surface area contributed by atoms with Crippen molar-refractivity contribution in [1.82, 2.24) is 4.98 Å². The molecule has 0 aliphatic heterocycles. The number of nitrogens with zero attached hydrogens (tertiary/aromatic N) is 2. The largest absolute Gasteiger partial charge is 0.456 e. The van der Waals surface area contributed by atoms with Gasteiger partial charge in [-0.25, -0.2) is 4.98 Å². The highest BCUT2D eigenvalue weighted by Gasteiger charge is 2.21. The van der Waals surface area contributed by atoms with Gasteiger partial charge in [-0.1, -0.05) is 127 Å². The van der Waals surface area contributed by atoms with Gasteiger partial charge in [-0.15, -0.1) is 22.7 Å². The molecule has 0 spiro atoms. The van der Waals surface area contributed by atoms with Crippen molar-refractivity contribution >= 4 is 92.1 Å². The van der Waals surface area contributed by atoms with Crippen molar-refractivity contribution in [3.63, 3.8) is 0 Å². The van der Waals surface area contributed by atoms with E-state index in [9.17, 15) is 0 Å². The number of fused-ring (bicyclic) bond motifs is 8. The highest BCUT2D eigenvalue weighted by Crippen LogP contribution is 2.46. The summed E-state index contributed by atoms with van der Waals surface area (Å²) in [5.41, 5.74) is 11.8. The van der Waals surface area contributed by atoms with Crippen LogP contribution in [0.2, 0.25) is 0 Å². The third-order valence-electron chi connectivity index (χ3n) is 10.3. The van der Waals surface area contributed by atoms with Crippen molar-refractivity contribution in [3.8, 4) is 32.8 Å². The van der Waals surface area contributed by atoms with Crippen LogP contribution >= 0.6 is 22.7 Å². The van der Waals surface area contributed by atoms with Gasteiger partial charge in [0, 0.05) is 48.1 Å². The molecule has 0 saturated heterocycles. The fourth-order valence-electron chi connectivity index (χ4n) is 7.81. The third kappa shape index (κ3) is 5.05. The Labute approximate surface area is 319 Å². The van der Waals surface area contributed by atoms with Gasteiger partial charge in [0.15, 0.2) is 0 Å². The maximum absolute atomic E-state index is 6.48. The first kappa shape index (κ1) is 31.0. The van der Waals surface area contributed by atoms with E-state index in [1.54, 1.807) is 11.3 Å². The molecule has 54 heavy (non-hydrogen) atoms. The second-order valence-electron chi connectivity index (χ2n) is 13.5. The Kier molecular flexibility index (Phi) is 7.22. The van der Waals surface area contributed by atoms with Gasteiger partial charge >= 0.3 is 0 Å². The zero-order valence-electron chi connectivity index (χ0n) is 28.9. The lowest BCUT2D eigenvalue weighted by Gasteiger charge is -2.28. The minimum atomic E-state index is 0.843. The Morgan fingerprint density at radius 1 is 0.444 bits per heavy atom. The number of furan rings is 1. The van der Waals surface area contributed by atoms with Crippen molar-refractivity contribution in [1.29, 1.82) is 0 Å². The SMILES string of the molecule is c1ccc(-c2nc3c(ccc4oc5ccc(N(c6ccc(-c7cccc8c7sc7ccccc78)cc6)c6ccccc6-c6ccccc6)cc5c43)s2)cc1. The highest BCUT2D eigenvalue weighted by atomic mass is 32.1. The summed E-state index contributed by atoms with van der Waals surface area (Å²) in [7, 11) is 0. The lowest BCUT2D eigenvalue weighted by Crippen LogP contribution is -2.11. The van der Waals surface area contributed by atoms with Gasteiger partial charge in [-0.3, -0.25) is 0 Å². The first-order valence-corrected chi connectivity index (χ1v) is 19.7. The predicted octanol–water partition coefficient (Wildman–Crippen LogP) is 15.0. The number of hydrogen-bond donors (Lipinski definition) is 0. The predicted molar refractivity (Wildman–Crippen MR) is 231 cm³/mol. The molecule has 3 nitrogen and oxygen atoms in total. The molecule has 11 aromatic rings. The van der Waals surface area contributed by atoms with E-state index in [0.717, 1.165) is 65.4 Å². The maximum Gasteiger partial charge on any atom is 0.137 e. The molecule has 0 unspecified atom stereocenters. The van der Waals surface area contributed by atoms with E-state index in [-0.39, 0.29) is 0 Å². The fraction of sp³-hybridized carbons (Fsp3) is 0. The molecule has 8 aromatic carbocycles. The van der Waals surface area contributed by atoms with Crippen LogP contribution in [0.3, 0.4) is 0 Å². The van der Waals surface area contributed by atoms with Crippen LogP contribution in [0.1, 0.15) is 0 Å². The summed E-state index contributed by atoms with van der Waals surface area (Å²) in [5.74, 6) is 0. The van der Waals surface area contributed by atoms with Crippen molar-refractivity contribution < 1.29 is 4.42 Å². The summed E-state index contributed by atoms with van der Waals surface area (Å²) in [6.45, 7) is 0. The van der Waals surface area contributed by atoms with Crippen LogP contribution in [-0.4, -0.2) is 4.98 Å². The first-order chi connectivity index (χ1) is 26.8. The van der Waals surface area contributed by atoms with Gasteiger partial charge in [-0.2, -0.15) is 0 Å². The van der Waals surface area contributed by atoms with E-state index in [4.69, 9.17) is 9.40 Å². The van der Waals surface area contributed by atoms with E-state index < -0.39 is 0 Å². The summed E-state index contributed by atoms with van der Waals surface area (Å²) >= 11 is 3.59. The van der Waals surface area contributed by atoms with E-state index in [1.807, 2.05) is 17.4 Å². The molecule has 0 amide bonds. The molecule has 0 aliphatic carbocycles. The van der Waals surface area contributed by atoms with Crippen molar-refractivity contribution in [2.24, 2.45) is 0 Å². The molecule has 11 rings (SSSR count). The standard InChI is InChI=1S/C49H30N2OS2/c1-3-12-31(13-4-1)36-16-7-9-20-41(36)51(34-24-22-32(23-25-34)37-18-11-19-39-38-17-8-10-21-44(38)53-48(37)39)35-26-27-42-40(30-35)46-43(52-42)28-29-45-47(46)50-49(54-45)33-14-5-2-6-15-33/h1-30H. The van der Waals surface area contributed by atoms with Gasteiger partial charge < -0.3 is 9.32 Å². The van der Waals surface area contributed by atoms with Crippen LogP contribution in [0.15, 0.2) is 186 Å². The monoisotopic (exact) mass is 726 g/mol. The average molecular weight is 727 g/mol. The summed E-state index contributed by atoms with van der Waals surface area (Å²) < 4.78 is 10.3. The minimum absolute atomic E-state index is 0.843. The van der Waals surface area contributed by atoms with Crippen LogP contribution in [-0.2, 0) is 0 Å². The molecule has 5 heteroatoms. The first-order valence-electron chi connectivity index (χ1n) is 18.0. The number of rotatable bonds is 6. The van der Waals surface area contributed by atoms with Crippen molar-refractivity contribution in [2.45, 2.75) is 0 Å². The molecule has 0 bridgehead atoms. The maximum atomic E-state index is 6.48. The molecular formula is C49H30N2OS2. The van der Waals surface area contributed by atoms with Gasteiger partial charge in [0.1, 0.15) is 16.2 Å². The number of para-hydroxylation sites is 1. The Bertz CT molecular complexity index is 3160. The Hall–Kier alpha value is -6.53. The number of anilines is 3. The van der Waals surface area contributed by atoms with Gasteiger partial charge in [0.05, 0.1) is 21.3 Å². The number of thiophene rings is 1. The zero-order valence-corrected chi connectivity index (χ0v) is 30.6. The Morgan fingerprint density at radius 3 is 1.96 bits per heavy atom. The van der Waals surface area contributed by atoms with E-state index >= 15 is 0 Å². The van der Waals surface area contributed by atoms with E-state index in [2.05, 4.69) is 181 Å². The molecule has 0 N–H and O–H groups in total. The van der Waals surface area contributed by atoms with Gasteiger partial charge in [0.25, 0.3) is 0 Å². The molecule has 3 aromatic heterocycles. The number of benzene rings is 8. The summed E-state index contributed by atoms with van der Waals surface area (Å²) in [5, 5.41) is 5.72. The van der Waals surface area contributed by atoms with Crippen LogP contribution in [0.5, 0.6) is 0 Å². The highest BCUT2D eigenvalue weighted by molar-refractivity contribution is 7.26. The quantitative estimate of drug-likeness (QED) is 0.171. The number of aromatic nitrogens is 1. The minimum Gasteiger partial charge on any atom is -0.456 e. The summed E-state index contributed by atoms with van der Waals surface area (Å²) in [6.07, 6.45) is 0. The molecule has 3 heterocycles. The molecule has 0 fully saturated rings. The van der Waals surface area contributed by atoms with Crippen molar-refractivity contribution in [2.75, 3.05) is 4.90 Å². The smallest absolute Gasteiger partial charge is 0.137 e.